The summed E-state index contributed by atoms with van der Waals surface area (Å²) in [5.41, 5.74) is -0.966. The van der Waals surface area contributed by atoms with Crippen LogP contribution < -0.4 is 4.90 Å². The van der Waals surface area contributed by atoms with E-state index in [4.69, 9.17) is 11.6 Å². The first-order chi connectivity index (χ1) is 12.9. The lowest BCUT2D eigenvalue weighted by Gasteiger charge is -2.22. The number of Topliss-reactive ketones (excluding diaryl/α,β-unsaturated/α-hetero) is 1. The second-order valence-corrected chi connectivity index (χ2v) is 10.1. The summed E-state index contributed by atoms with van der Waals surface area (Å²) in [6.45, 7) is 0.339. The zero-order chi connectivity index (χ0) is 19.2. The van der Waals surface area contributed by atoms with Crippen LogP contribution >= 0.6 is 50.2 Å². The van der Waals surface area contributed by atoms with Crippen LogP contribution in [0, 0.1) is 0 Å². The van der Waals surface area contributed by atoms with Crippen molar-refractivity contribution in [2.45, 2.75) is 18.6 Å². The molecule has 0 aliphatic carbocycles. The number of anilines is 1. The zero-order valence-corrected chi connectivity index (χ0v) is 17.8. The maximum atomic E-state index is 13.2. The molecule has 1 aliphatic rings. The van der Waals surface area contributed by atoms with Gasteiger partial charge in [-0.1, -0.05) is 17.7 Å². The second kappa shape index (κ2) is 7.14. The molecule has 2 aromatic heterocycles. The van der Waals surface area contributed by atoms with Crippen LogP contribution in [0.15, 0.2) is 51.6 Å². The van der Waals surface area contributed by atoms with E-state index in [1.807, 2.05) is 17.5 Å². The van der Waals surface area contributed by atoms with Gasteiger partial charge in [0.2, 0.25) is 0 Å². The highest BCUT2D eigenvalue weighted by Crippen LogP contribution is 2.45. The minimum atomic E-state index is -1.93. The average Bonchev–Trinajstić information content (AvgIpc) is 3.33. The van der Waals surface area contributed by atoms with Crippen LogP contribution in [0.4, 0.5) is 5.69 Å². The van der Waals surface area contributed by atoms with Gasteiger partial charge in [-0.3, -0.25) is 9.59 Å². The van der Waals surface area contributed by atoms with Crippen molar-refractivity contribution in [2.24, 2.45) is 0 Å². The van der Waals surface area contributed by atoms with Crippen LogP contribution in [-0.2, 0) is 16.9 Å². The lowest BCUT2D eigenvalue weighted by Crippen LogP contribution is -2.41. The Balaban J connectivity index is 1.72. The van der Waals surface area contributed by atoms with E-state index in [2.05, 4.69) is 15.9 Å². The SMILES string of the molecule is O=C(CC1(O)C(=O)N(Cc2cccs2)c2ccc(Cl)cc21)c1ccc(Br)s1. The highest BCUT2D eigenvalue weighted by Gasteiger charge is 2.51. The van der Waals surface area contributed by atoms with E-state index >= 15 is 0 Å². The summed E-state index contributed by atoms with van der Waals surface area (Å²) in [7, 11) is 0. The third-order valence-corrected chi connectivity index (χ3v) is 7.21. The molecule has 4 nitrogen and oxygen atoms in total. The molecule has 0 spiro atoms. The number of carbonyl (C=O) groups excluding carboxylic acids is 2. The van der Waals surface area contributed by atoms with E-state index in [0.717, 1.165) is 8.66 Å². The summed E-state index contributed by atoms with van der Waals surface area (Å²) in [4.78, 5) is 28.9. The molecule has 3 aromatic rings. The van der Waals surface area contributed by atoms with E-state index < -0.39 is 11.5 Å². The predicted molar refractivity (Wildman–Crippen MR) is 112 cm³/mol. The number of benzene rings is 1. The van der Waals surface area contributed by atoms with Gasteiger partial charge in [-0.2, -0.15) is 0 Å². The van der Waals surface area contributed by atoms with Crippen LogP contribution in [0.3, 0.4) is 0 Å². The summed E-state index contributed by atoms with van der Waals surface area (Å²) >= 11 is 12.3. The molecule has 0 saturated carbocycles. The molecule has 1 unspecified atom stereocenters. The molecule has 0 radical (unpaired) electrons. The minimum absolute atomic E-state index is 0.287. The number of carbonyl (C=O) groups is 2. The molecule has 1 aliphatic heterocycles. The molecule has 138 valence electrons. The van der Waals surface area contributed by atoms with Crippen molar-refractivity contribution in [3.8, 4) is 0 Å². The van der Waals surface area contributed by atoms with E-state index in [1.54, 1.807) is 30.3 Å². The number of nitrogens with zero attached hydrogens (tertiary/aromatic N) is 1. The van der Waals surface area contributed by atoms with Gasteiger partial charge in [0.05, 0.1) is 27.3 Å². The Bertz CT molecular complexity index is 1030. The summed E-state index contributed by atoms with van der Waals surface area (Å²) in [5.74, 6) is -0.789. The average molecular weight is 483 g/mol. The summed E-state index contributed by atoms with van der Waals surface area (Å²) in [6, 6.07) is 12.3. The number of amides is 1. The monoisotopic (exact) mass is 481 g/mol. The van der Waals surface area contributed by atoms with Crippen molar-refractivity contribution in [3.63, 3.8) is 0 Å². The fourth-order valence-corrected chi connectivity index (χ4v) is 5.38. The minimum Gasteiger partial charge on any atom is -0.375 e. The van der Waals surface area contributed by atoms with Crippen molar-refractivity contribution in [3.05, 3.63) is 72.0 Å². The van der Waals surface area contributed by atoms with E-state index in [-0.39, 0.29) is 12.2 Å². The molecule has 1 atom stereocenters. The molecule has 1 N–H and O–H groups in total. The Labute approximate surface area is 177 Å². The number of ketones is 1. The zero-order valence-electron chi connectivity index (χ0n) is 13.8. The topological polar surface area (TPSA) is 57.6 Å². The third kappa shape index (κ3) is 3.39. The Morgan fingerprint density at radius 1 is 1.26 bits per heavy atom. The van der Waals surface area contributed by atoms with Crippen molar-refractivity contribution in [1.29, 1.82) is 0 Å². The quantitative estimate of drug-likeness (QED) is 0.506. The van der Waals surface area contributed by atoms with Crippen LogP contribution in [0.1, 0.15) is 26.5 Å². The molecule has 4 rings (SSSR count). The van der Waals surface area contributed by atoms with Crippen LogP contribution in [-0.4, -0.2) is 16.8 Å². The van der Waals surface area contributed by atoms with Gasteiger partial charge < -0.3 is 10.0 Å². The molecule has 8 heteroatoms. The molecule has 1 amide bonds. The second-order valence-electron chi connectivity index (χ2n) is 6.20. The summed E-state index contributed by atoms with van der Waals surface area (Å²) in [6.07, 6.45) is -0.326. The van der Waals surface area contributed by atoms with Gasteiger partial charge in [0.25, 0.3) is 5.91 Å². The molecule has 3 heterocycles. The number of fused-ring (bicyclic) bond motifs is 1. The van der Waals surface area contributed by atoms with Gasteiger partial charge in [-0.15, -0.1) is 22.7 Å². The Kier molecular flexibility index (Phi) is 4.98. The summed E-state index contributed by atoms with van der Waals surface area (Å²) < 4.78 is 0.818. The standard InChI is InChI=1S/C19H13BrClNO3S2/c20-17-6-5-16(27-17)15(23)9-19(25)13-8-11(21)3-4-14(13)22(18(19)24)10-12-2-1-7-26-12/h1-8,25H,9-10H2. The first-order valence-corrected chi connectivity index (χ1v) is 10.9. The van der Waals surface area contributed by atoms with E-state index in [9.17, 15) is 14.7 Å². The molecule has 1 aromatic carbocycles. The molecule has 0 bridgehead atoms. The molecule has 0 saturated heterocycles. The van der Waals surface area contributed by atoms with Gasteiger partial charge in [0.15, 0.2) is 11.4 Å². The predicted octanol–water partition coefficient (Wildman–Crippen LogP) is 5.23. The van der Waals surface area contributed by atoms with Crippen molar-refractivity contribution in [2.75, 3.05) is 4.90 Å². The lowest BCUT2D eigenvalue weighted by atomic mass is 9.89. The normalized spacial score (nSPS) is 18.8. The Morgan fingerprint density at radius 3 is 2.74 bits per heavy atom. The summed E-state index contributed by atoms with van der Waals surface area (Å²) in [5, 5.41) is 13.6. The first-order valence-electron chi connectivity index (χ1n) is 8.04. The van der Waals surface area contributed by atoms with E-state index in [1.165, 1.54) is 27.6 Å². The number of hydrogen-bond donors (Lipinski definition) is 1. The van der Waals surface area contributed by atoms with Gasteiger partial charge in [0, 0.05) is 15.5 Å². The fraction of sp³-hybridized carbons (Fsp3) is 0.158. The third-order valence-electron chi connectivity index (χ3n) is 4.45. The first kappa shape index (κ1) is 18.8. The smallest absolute Gasteiger partial charge is 0.264 e. The number of thiophene rings is 2. The molecule has 0 fully saturated rings. The van der Waals surface area contributed by atoms with Gasteiger partial charge in [-0.05, 0) is 57.7 Å². The maximum Gasteiger partial charge on any atom is 0.264 e. The van der Waals surface area contributed by atoms with Crippen molar-refractivity contribution < 1.29 is 14.7 Å². The van der Waals surface area contributed by atoms with E-state index in [0.29, 0.717) is 27.7 Å². The van der Waals surface area contributed by atoms with Gasteiger partial charge >= 0.3 is 0 Å². The molecular weight excluding hydrogens is 470 g/mol. The fourth-order valence-electron chi connectivity index (χ4n) is 3.19. The number of hydrogen-bond acceptors (Lipinski definition) is 5. The Morgan fingerprint density at radius 2 is 2.07 bits per heavy atom. The van der Waals surface area contributed by atoms with Gasteiger partial charge in [0.1, 0.15) is 0 Å². The van der Waals surface area contributed by atoms with Crippen molar-refractivity contribution in [1.82, 2.24) is 0 Å². The maximum absolute atomic E-state index is 13.2. The number of aliphatic hydroxyl groups is 1. The Hall–Kier alpha value is -1.51. The van der Waals surface area contributed by atoms with Gasteiger partial charge in [-0.25, -0.2) is 0 Å². The number of rotatable bonds is 5. The molecular formula is C19H13BrClNO3S2. The lowest BCUT2D eigenvalue weighted by molar-refractivity contribution is -0.136. The van der Waals surface area contributed by atoms with Crippen LogP contribution in [0.25, 0.3) is 0 Å². The van der Waals surface area contributed by atoms with Crippen molar-refractivity contribution >= 4 is 67.6 Å². The highest BCUT2D eigenvalue weighted by molar-refractivity contribution is 9.11. The highest BCUT2D eigenvalue weighted by atomic mass is 79.9. The van der Waals surface area contributed by atoms with Crippen LogP contribution in [0.2, 0.25) is 5.02 Å². The largest absolute Gasteiger partial charge is 0.375 e. The van der Waals surface area contributed by atoms with Crippen LogP contribution in [0.5, 0.6) is 0 Å². The molecule has 27 heavy (non-hydrogen) atoms. The number of halogens is 2.